The van der Waals surface area contributed by atoms with Crippen LogP contribution in [0.5, 0.6) is 5.75 Å². The van der Waals surface area contributed by atoms with Crippen LogP contribution in [0.15, 0.2) is 18.2 Å². The molecule has 0 aliphatic carbocycles. The Kier molecular flexibility index (Phi) is 5.65. The van der Waals surface area contributed by atoms with Crippen LogP contribution in [0.25, 0.3) is 11.4 Å². The first-order valence-electron chi connectivity index (χ1n) is 8.02. The topological polar surface area (TPSA) is 97.4 Å². The predicted octanol–water partition coefficient (Wildman–Crippen LogP) is 3.18. The number of benzene rings is 1. The quantitative estimate of drug-likeness (QED) is 0.639. The van der Waals surface area contributed by atoms with E-state index in [0.29, 0.717) is 39.8 Å². The fourth-order valence-electron chi connectivity index (χ4n) is 2.28. The van der Waals surface area contributed by atoms with Gasteiger partial charge in [0.1, 0.15) is 11.8 Å². The van der Waals surface area contributed by atoms with Gasteiger partial charge in [-0.15, -0.1) is 0 Å². The Bertz CT molecular complexity index is 818. The molecule has 0 saturated carbocycles. The van der Waals surface area contributed by atoms with Gasteiger partial charge in [0.2, 0.25) is 0 Å². The summed E-state index contributed by atoms with van der Waals surface area (Å²) in [7, 11) is 0. The molecular weight excluding hydrogens is 322 g/mol. The van der Waals surface area contributed by atoms with Gasteiger partial charge in [0, 0.05) is 5.56 Å². The molecule has 1 aromatic carbocycles. The lowest BCUT2D eigenvalue weighted by Crippen LogP contribution is -2.12. The SMILES string of the molecule is CCOC(=O)c1c(C)nc(-c2ccc(OCC(C)C)c(C#N)c2)n1O. The predicted molar refractivity (Wildman–Crippen MR) is 90.6 cm³/mol. The van der Waals surface area contributed by atoms with Gasteiger partial charge in [0.15, 0.2) is 11.5 Å². The van der Waals surface area contributed by atoms with Crippen molar-refractivity contribution in [2.24, 2.45) is 5.92 Å². The van der Waals surface area contributed by atoms with Crippen molar-refractivity contribution in [1.29, 1.82) is 5.26 Å². The van der Waals surface area contributed by atoms with E-state index in [1.807, 2.05) is 13.8 Å². The molecule has 0 unspecified atom stereocenters. The summed E-state index contributed by atoms with van der Waals surface area (Å²) < 4.78 is 11.2. The minimum Gasteiger partial charge on any atom is -0.492 e. The molecule has 1 heterocycles. The van der Waals surface area contributed by atoms with Gasteiger partial charge in [-0.05, 0) is 38.0 Å². The molecule has 7 heteroatoms. The van der Waals surface area contributed by atoms with Crippen LogP contribution in [0.4, 0.5) is 0 Å². The van der Waals surface area contributed by atoms with Gasteiger partial charge in [-0.25, -0.2) is 9.78 Å². The highest BCUT2D eigenvalue weighted by molar-refractivity contribution is 5.89. The van der Waals surface area contributed by atoms with E-state index in [2.05, 4.69) is 11.1 Å². The highest BCUT2D eigenvalue weighted by atomic mass is 16.5. The van der Waals surface area contributed by atoms with Gasteiger partial charge in [0.05, 0.1) is 24.5 Å². The van der Waals surface area contributed by atoms with Crippen molar-refractivity contribution in [3.8, 4) is 23.2 Å². The molecule has 1 aromatic heterocycles. The van der Waals surface area contributed by atoms with Crippen LogP contribution in [0.2, 0.25) is 0 Å². The second-order valence-corrected chi connectivity index (χ2v) is 5.93. The van der Waals surface area contributed by atoms with Crippen molar-refractivity contribution in [3.05, 3.63) is 35.2 Å². The third-order valence-electron chi connectivity index (χ3n) is 3.43. The minimum atomic E-state index is -0.654. The molecule has 0 radical (unpaired) electrons. The molecule has 2 aromatic rings. The molecule has 0 amide bonds. The standard InChI is InChI=1S/C18H21N3O4/c1-5-24-18(22)16-12(4)20-17(21(16)23)13-6-7-15(14(8-13)9-19)25-10-11(2)3/h6-8,11,23H,5,10H2,1-4H3. The van der Waals surface area contributed by atoms with E-state index in [1.165, 1.54) is 0 Å². The van der Waals surface area contributed by atoms with Crippen molar-refractivity contribution < 1.29 is 19.5 Å². The highest BCUT2D eigenvalue weighted by Gasteiger charge is 2.23. The molecule has 0 spiro atoms. The molecule has 1 N–H and O–H groups in total. The molecule has 7 nitrogen and oxygen atoms in total. The van der Waals surface area contributed by atoms with Gasteiger partial charge in [0.25, 0.3) is 0 Å². The van der Waals surface area contributed by atoms with Gasteiger partial charge in [-0.3, -0.25) is 0 Å². The van der Waals surface area contributed by atoms with Crippen molar-refractivity contribution >= 4 is 5.97 Å². The van der Waals surface area contributed by atoms with Crippen molar-refractivity contribution in [2.75, 3.05) is 13.2 Å². The molecule has 0 fully saturated rings. The number of rotatable bonds is 6. The maximum absolute atomic E-state index is 11.9. The summed E-state index contributed by atoms with van der Waals surface area (Å²) in [5, 5.41) is 19.7. The summed E-state index contributed by atoms with van der Waals surface area (Å²) in [6, 6.07) is 6.98. The zero-order chi connectivity index (χ0) is 18.6. The van der Waals surface area contributed by atoms with E-state index < -0.39 is 5.97 Å². The molecule has 0 saturated heterocycles. The average molecular weight is 343 g/mol. The van der Waals surface area contributed by atoms with Crippen LogP contribution in [0.1, 0.15) is 42.5 Å². The van der Waals surface area contributed by atoms with E-state index in [4.69, 9.17) is 9.47 Å². The maximum atomic E-state index is 11.9. The Morgan fingerprint density at radius 1 is 1.44 bits per heavy atom. The number of nitrogens with zero attached hydrogens (tertiary/aromatic N) is 3. The molecule has 0 aliphatic rings. The number of imidazole rings is 1. The van der Waals surface area contributed by atoms with Gasteiger partial charge in [-0.1, -0.05) is 13.8 Å². The average Bonchev–Trinajstić information content (AvgIpc) is 2.87. The molecule has 0 aliphatic heterocycles. The zero-order valence-corrected chi connectivity index (χ0v) is 14.7. The molecule has 2 rings (SSSR count). The van der Waals surface area contributed by atoms with Crippen LogP contribution in [-0.4, -0.2) is 34.1 Å². The smallest absolute Gasteiger partial charge is 0.360 e. The normalized spacial score (nSPS) is 10.6. The zero-order valence-electron chi connectivity index (χ0n) is 14.7. The molecule has 0 bridgehead atoms. The maximum Gasteiger partial charge on any atom is 0.360 e. The molecule has 0 atom stereocenters. The fraction of sp³-hybridized carbons (Fsp3) is 0.389. The lowest BCUT2D eigenvalue weighted by molar-refractivity contribution is 0.0476. The van der Waals surface area contributed by atoms with Crippen molar-refractivity contribution in [2.45, 2.75) is 27.7 Å². The number of hydrogen-bond acceptors (Lipinski definition) is 6. The summed E-state index contributed by atoms with van der Waals surface area (Å²) in [6.07, 6.45) is 0. The van der Waals surface area contributed by atoms with E-state index in [9.17, 15) is 15.3 Å². The van der Waals surface area contributed by atoms with Crippen LogP contribution < -0.4 is 4.74 Å². The lowest BCUT2D eigenvalue weighted by atomic mass is 10.1. The van der Waals surface area contributed by atoms with Crippen molar-refractivity contribution in [3.63, 3.8) is 0 Å². The summed E-state index contributed by atoms with van der Waals surface area (Å²) >= 11 is 0. The van der Waals surface area contributed by atoms with Crippen LogP contribution in [0, 0.1) is 24.2 Å². The minimum absolute atomic E-state index is 0.0320. The first kappa shape index (κ1) is 18.3. The van der Waals surface area contributed by atoms with Crippen LogP contribution in [0.3, 0.4) is 0 Å². The van der Waals surface area contributed by atoms with E-state index >= 15 is 0 Å². The van der Waals surface area contributed by atoms with Crippen LogP contribution >= 0.6 is 0 Å². The number of hydrogen-bond donors (Lipinski definition) is 1. The second-order valence-electron chi connectivity index (χ2n) is 5.93. The summed E-state index contributed by atoms with van der Waals surface area (Å²) in [5.74, 6) is 0.307. The summed E-state index contributed by atoms with van der Waals surface area (Å²) in [4.78, 5) is 16.2. The third-order valence-corrected chi connectivity index (χ3v) is 3.43. The molecule has 25 heavy (non-hydrogen) atoms. The largest absolute Gasteiger partial charge is 0.492 e. The number of carbonyl (C=O) groups is 1. The first-order valence-corrected chi connectivity index (χ1v) is 8.02. The Morgan fingerprint density at radius 3 is 2.76 bits per heavy atom. The van der Waals surface area contributed by atoms with E-state index in [0.717, 1.165) is 0 Å². The van der Waals surface area contributed by atoms with E-state index in [1.54, 1.807) is 32.0 Å². The third kappa shape index (κ3) is 3.91. The Balaban J connectivity index is 2.41. The monoisotopic (exact) mass is 343 g/mol. The Morgan fingerprint density at radius 2 is 2.16 bits per heavy atom. The van der Waals surface area contributed by atoms with E-state index in [-0.39, 0.29) is 18.1 Å². The summed E-state index contributed by atoms with van der Waals surface area (Å²) in [6.45, 7) is 8.01. The molecule has 132 valence electrons. The van der Waals surface area contributed by atoms with Gasteiger partial charge in [-0.2, -0.15) is 9.99 Å². The number of nitriles is 1. The number of carbonyl (C=O) groups excluding carboxylic acids is 1. The van der Waals surface area contributed by atoms with Crippen LogP contribution in [-0.2, 0) is 4.74 Å². The highest BCUT2D eigenvalue weighted by Crippen LogP contribution is 2.27. The molecular formula is C18H21N3O4. The number of aromatic nitrogens is 2. The fourth-order valence-corrected chi connectivity index (χ4v) is 2.28. The Labute approximate surface area is 146 Å². The number of aryl methyl sites for hydroxylation is 1. The lowest BCUT2D eigenvalue weighted by Gasteiger charge is -2.11. The van der Waals surface area contributed by atoms with Crippen molar-refractivity contribution in [1.82, 2.24) is 9.71 Å². The second kappa shape index (κ2) is 7.71. The first-order chi connectivity index (χ1) is 11.9. The number of esters is 1. The Hall–Kier alpha value is -3.01. The van der Waals surface area contributed by atoms with Gasteiger partial charge >= 0.3 is 5.97 Å². The van der Waals surface area contributed by atoms with Gasteiger partial charge < -0.3 is 14.7 Å². The summed E-state index contributed by atoms with van der Waals surface area (Å²) in [5.41, 5.74) is 1.14. The number of ether oxygens (including phenoxy) is 2.